The molecule has 1 aromatic carbocycles. The minimum absolute atomic E-state index is 0.0186. The molecule has 0 amide bonds. The van der Waals surface area contributed by atoms with Gasteiger partial charge in [0.1, 0.15) is 11.6 Å². The van der Waals surface area contributed by atoms with Gasteiger partial charge in [0.2, 0.25) is 0 Å². The standard InChI is InChI=1S/C23H28F3N3O2S2/c1-21(2,3)19-11-27-20(32-19)15-5-4-14-9-17-6-7-18(10-16(14)8-15)22(17)12-29(13-23(24,25)26)33(30,31)28-22/h4-5,8,11,17-18,28H,6-7,9-10,12-13H2,1-3H3/t17-,18+,22+/m0/s1. The lowest BCUT2D eigenvalue weighted by molar-refractivity contribution is -0.136. The van der Waals surface area contributed by atoms with Gasteiger partial charge in [-0.25, -0.2) is 4.98 Å². The van der Waals surface area contributed by atoms with Crippen LogP contribution in [-0.2, 0) is 28.5 Å². The lowest BCUT2D eigenvalue weighted by Gasteiger charge is -2.33. The number of fused-ring (bicyclic) bond motifs is 1. The summed E-state index contributed by atoms with van der Waals surface area (Å²) in [6, 6.07) is 6.30. The highest BCUT2D eigenvalue weighted by molar-refractivity contribution is 7.87. The fraction of sp³-hybridized carbons (Fsp3) is 0.609. The van der Waals surface area contributed by atoms with Gasteiger partial charge in [0.05, 0.1) is 5.54 Å². The number of halogens is 3. The predicted molar refractivity (Wildman–Crippen MR) is 122 cm³/mol. The zero-order valence-electron chi connectivity index (χ0n) is 18.9. The van der Waals surface area contributed by atoms with Gasteiger partial charge in [-0.3, -0.25) is 0 Å². The van der Waals surface area contributed by atoms with Crippen molar-refractivity contribution < 1.29 is 21.6 Å². The van der Waals surface area contributed by atoms with Crippen molar-refractivity contribution in [2.75, 3.05) is 13.1 Å². The van der Waals surface area contributed by atoms with E-state index in [-0.39, 0.29) is 23.8 Å². The highest BCUT2D eigenvalue weighted by Gasteiger charge is 2.60. The maximum absolute atomic E-state index is 13.1. The average Bonchev–Trinajstić information content (AvgIpc) is 3.30. The van der Waals surface area contributed by atoms with Crippen molar-refractivity contribution in [3.63, 3.8) is 0 Å². The molecule has 0 radical (unpaired) electrons. The van der Waals surface area contributed by atoms with Gasteiger partial charge in [-0.15, -0.1) is 11.3 Å². The number of nitrogens with one attached hydrogen (secondary N) is 1. The lowest BCUT2D eigenvalue weighted by Crippen LogP contribution is -2.52. The summed E-state index contributed by atoms with van der Waals surface area (Å²) in [4.78, 5) is 5.83. The molecular formula is C23H28F3N3O2S2. The van der Waals surface area contributed by atoms with E-state index in [1.807, 2.05) is 6.20 Å². The summed E-state index contributed by atoms with van der Waals surface area (Å²) >= 11 is 1.67. The largest absolute Gasteiger partial charge is 0.402 e. The Bertz CT molecular complexity index is 1190. The van der Waals surface area contributed by atoms with E-state index in [0.717, 1.165) is 34.5 Å². The Morgan fingerprint density at radius 3 is 2.42 bits per heavy atom. The van der Waals surface area contributed by atoms with Gasteiger partial charge in [-0.05, 0) is 60.1 Å². The molecular weight excluding hydrogens is 471 g/mol. The molecule has 1 aliphatic heterocycles. The topological polar surface area (TPSA) is 62.3 Å². The van der Waals surface area contributed by atoms with Crippen LogP contribution in [0.1, 0.15) is 49.6 Å². The Balaban J connectivity index is 1.46. The third kappa shape index (κ3) is 4.13. The van der Waals surface area contributed by atoms with Crippen molar-refractivity contribution >= 4 is 21.5 Å². The number of aromatic nitrogens is 1. The van der Waals surface area contributed by atoms with Crippen LogP contribution in [0.3, 0.4) is 0 Å². The molecule has 3 aliphatic rings. The number of thiazole rings is 1. The smallest absolute Gasteiger partial charge is 0.244 e. The van der Waals surface area contributed by atoms with Crippen molar-refractivity contribution in [3.8, 4) is 10.6 Å². The summed E-state index contributed by atoms with van der Waals surface area (Å²) in [5, 5.41) is 0.949. The Morgan fingerprint density at radius 1 is 1.15 bits per heavy atom. The molecule has 2 heterocycles. The van der Waals surface area contributed by atoms with Gasteiger partial charge in [-0.2, -0.15) is 30.6 Å². The van der Waals surface area contributed by atoms with Gasteiger partial charge in [0, 0.05) is 23.2 Å². The number of alkyl halides is 3. The van der Waals surface area contributed by atoms with Crippen LogP contribution in [0, 0.1) is 11.8 Å². The fourth-order valence-corrected chi connectivity index (χ4v) is 8.41. The second-order valence-corrected chi connectivity index (χ2v) is 13.4. The van der Waals surface area contributed by atoms with Crippen LogP contribution in [-0.4, -0.2) is 42.5 Å². The number of hydrogen-bond acceptors (Lipinski definition) is 4. The maximum Gasteiger partial charge on any atom is 0.402 e. The molecule has 2 aromatic rings. The van der Waals surface area contributed by atoms with Crippen LogP contribution in [0.15, 0.2) is 24.4 Å². The Morgan fingerprint density at radius 2 is 1.82 bits per heavy atom. The molecule has 5 nitrogen and oxygen atoms in total. The van der Waals surface area contributed by atoms with Crippen molar-refractivity contribution in [1.29, 1.82) is 0 Å². The van der Waals surface area contributed by atoms with E-state index < -0.39 is 28.5 Å². The fourth-order valence-electron chi connectivity index (χ4n) is 5.73. The molecule has 180 valence electrons. The van der Waals surface area contributed by atoms with Gasteiger partial charge < -0.3 is 0 Å². The summed E-state index contributed by atoms with van der Waals surface area (Å²) in [7, 11) is -4.17. The minimum Gasteiger partial charge on any atom is -0.244 e. The first-order chi connectivity index (χ1) is 15.3. The molecule has 1 N–H and O–H groups in total. The number of hydrogen-bond donors (Lipinski definition) is 1. The summed E-state index contributed by atoms with van der Waals surface area (Å²) < 4.78 is 67.8. The monoisotopic (exact) mass is 499 g/mol. The highest BCUT2D eigenvalue weighted by Crippen LogP contribution is 2.51. The van der Waals surface area contributed by atoms with Crippen molar-refractivity contribution in [2.24, 2.45) is 11.8 Å². The third-order valence-electron chi connectivity index (χ3n) is 7.40. The second-order valence-electron chi connectivity index (χ2n) is 10.7. The van der Waals surface area contributed by atoms with Crippen LogP contribution in [0.4, 0.5) is 13.2 Å². The van der Waals surface area contributed by atoms with Crippen molar-refractivity contribution in [2.45, 2.75) is 63.6 Å². The molecule has 5 rings (SSSR count). The molecule has 1 spiro atoms. The highest BCUT2D eigenvalue weighted by atomic mass is 32.2. The van der Waals surface area contributed by atoms with E-state index in [1.54, 1.807) is 11.3 Å². The maximum atomic E-state index is 13.1. The number of nitrogens with zero attached hydrogens (tertiary/aromatic N) is 2. The SMILES string of the molecule is CC(C)(C)c1cnc(-c2ccc3c(c2)C[C@H]2CC[C@@H](C3)[C@]23CN(CC(F)(F)F)S(=O)(=O)N3)s1. The van der Waals surface area contributed by atoms with E-state index in [2.05, 4.69) is 48.7 Å². The summed E-state index contributed by atoms with van der Waals surface area (Å²) in [5.41, 5.74) is 2.53. The van der Waals surface area contributed by atoms with E-state index in [0.29, 0.717) is 17.1 Å². The molecule has 1 saturated heterocycles. The zero-order chi connectivity index (χ0) is 23.8. The molecule has 3 atom stereocenters. The Kier molecular flexibility index (Phi) is 5.29. The van der Waals surface area contributed by atoms with E-state index in [9.17, 15) is 21.6 Å². The van der Waals surface area contributed by atoms with Crippen LogP contribution in [0.2, 0.25) is 0 Å². The minimum atomic E-state index is -4.57. The van der Waals surface area contributed by atoms with Gasteiger partial charge >= 0.3 is 6.18 Å². The lowest BCUT2D eigenvalue weighted by atomic mass is 9.79. The summed E-state index contributed by atoms with van der Waals surface area (Å²) in [6.07, 6.45) is 0.295. The normalized spacial score (nSPS) is 29.4. The predicted octanol–water partition coefficient (Wildman–Crippen LogP) is 4.68. The first-order valence-corrected chi connectivity index (χ1v) is 13.5. The quantitative estimate of drug-likeness (QED) is 0.653. The second kappa shape index (κ2) is 7.50. The first-order valence-electron chi connectivity index (χ1n) is 11.2. The molecule has 1 saturated carbocycles. The number of benzene rings is 1. The van der Waals surface area contributed by atoms with Crippen LogP contribution in [0.5, 0.6) is 0 Å². The molecule has 1 aromatic heterocycles. The molecule has 0 unspecified atom stereocenters. The van der Waals surface area contributed by atoms with Crippen LogP contribution < -0.4 is 4.72 Å². The Labute approximate surface area is 196 Å². The van der Waals surface area contributed by atoms with Gasteiger partial charge in [0.15, 0.2) is 0 Å². The zero-order valence-corrected chi connectivity index (χ0v) is 20.5. The van der Waals surface area contributed by atoms with Crippen molar-refractivity contribution in [1.82, 2.24) is 14.0 Å². The van der Waals surface area contributed by atoms with Gasteiger partial charge in [-0.1, -0.05) is 32.9 Å². The van der Waals surface area contributed by atoms with Crippen molar-refractivity contribution in [3.05, 3.63) is 40.4 Å². The van der Waals surface area contributed by atoms with E-state index in [4.69, 9.17) is 0 Å². The first kappa shape index (κ1) is 23.3. The van der Waals surface area contributed by atoms with Crippen LogP contribution >= 0.6 is 11.3 Å². The summed E-state index contributed by atoms with van der Waals surface area (Å²) in [6.45, 7) is 4.90. The molecule has 2 fully saturated rings. The van der Waals surface area contributed by atoms with Gasteiger partial charge in [0.25, 0.3) is 10.2 Å². The van der Waals surface area contributed by atoms with E-state index in [1.165, 1.54) is 4.88 Å². The average molecular weight is 500 g/mol. The molecule has 2 aliphatic carbocycles. The molecule has 33 heavy (non-hydrogen) atoms. The Hall–Kier alpha value is -1.49. The summed E-state index contributed by atoms with van der Waals surface area (Å²) in [5.74, 6) is -0.0524. The van der Waals surface area contributed by atoms with Crippen LogP contribution in [0.25, 0.3) is 10.6 Å². The number of rotatable bonds is 2. The molecule has 2 bridgehead atoms. The third-order valence-corrected chi connectivity index (χ3v) is 10.5. The molecule has 10 heteroatoms. The van der Waals surface area contributed by atoms with E-state index >= 15 is 0 Å².